The Hall–Kier alpha value is -1.47. The van der Waals surface area contributed by atoms with E-state index in [1.807, 2.05) is 11.0 Å². The number of carbonyl (C=O) groups is 1. The summed E-state index contributed by atoms with van der Waals surface area (Å²) in [6, 6.07) is 3.61. The second kappa shape index (κ2) is 7.88. The highest BCUT2D eigenvalue weighted by atomic mass is 32.2. The molecule has 23 heavy (non-hydrogen) atoms. The van der Waals surface area contributed by atoms with Crippen LogP contribution in [0.2, 0.25) is 0 Å². The molecule has 1 aliphatic rings. The Morgan fingerprint density at radius 1 is 1.48 bits per heavy atom. The molecule has 2 rings (SSSR count). The number of pyridine rings is 1. The molecule has 1 unspecified atom stereocenters. The quantitative estimate of drug-likeness (QED) is 0.787. The van der Waals surface area contributed by atoms with Crippen LogP contribution in [-0.2, 0) is 21.4 Å². The number of rotatable bonds is 6. The zero-order valence-electron chi connectivity index (χ0n) is 13.8. The van der Waals surface area contributed by atoms with E-state index in [9.17, 15) is 13.2 Å². The van der Waals surface area contributed by atoms with Crippen LogP contribution in [0, 0.1) is 5.92 Å². The van der Waals surface area contributed by atoms with Gasteiger partial charge in [-0.25, -0.2) is 8.42 Å². The van der Waals surface area contributed by atoms with Crippen LogP contribution in [0.25, 0.3) is 0 Å². The van der Waals surface area contributed by atoms with Crippen molar-refractivity contribution in [3.05, 3.63) is 30.1 Å². The lowest BCUT2D eigenvalue weighted by molar-refractivity contribution is -0.133. The van der Waals surface area contributed by atoms with Crippen LogP contribution >= 0.6 is 0 Å². The lowest BCUT2D eigenvalue weighted by Gasteiger charge is -2.31. The number of aromatic nitrogens is 1. The summed E-state index contributed by atoms with van der Waals surface area (Å²) < 4.78 is 25.3. The summed E-state index contributed by atoms with van der Waals surface area (Å²) in [4.78, 5) is 18.2. The fraction of sp³-hybridized carbons (Fsp3) is 0.625. The van der Waals surface area contributed by atoms with Crippen molar-refractivity contribution in [1.29, 1.82) is 0 Å². The molecule has 1 atom stereocenters. The molecule has 1 aliphatic heterocycles. The molecular weight excluding hydrogens is 314 g/mol. The van der Waals surface area contributed by atoms with Gasteiger partial charge in [0.25, 0.3) is 0 Å². The van der Waals surface area contributed by atoms with Crippen molar-refractivity contribution in [2.75, 3.05) is 25.9 Å². The third kappa shape index (κ3) is 5.58. The average Bonchev–Trinajstić information content (AvgIpc) is 2.51. The molecule has 2 heterocycles. The Labute approximate surface area is 138 Å². The minimum absolute atomic E-state index is 0.0383. The van der Waals surface area contributed by atoms with E-state index in [4.69, 9.17) is 0 Å². The van der Waals surface area contributed by atoms with Gasteiger partial charge in [0.1, 0.15) is 0 Å². The standard InChI is InChI=1S/C16H25N3O3S/c1-14-5-4-9-18(12-14)16(20)7-10-19(23(2,21)22)13-15-6-3-8-17-11-15/h3,6,8,11,14H,4-5,7,9-10,12-13H2,1-2H3. The highest BCUT2D eigenvalue weighted by Crippen LogP contribution is 2.17. The molecule has 1 aromatic heterocycles. The number of hydrogen-bond donors (Lipinski definition) is 0. The summed E-state index contributed by atoms with van der Waals surface area (Å²) in [6.07, 6.45) is 6.87. The highest BCUT2D eigenvalue weighted by Gasteiger charge is 2.23. The summed E-state index contributed by atoms with van der Waals surface area (Å²) in [7, 11) is -3.37. The summed E-state index contributed by atoms with van der Waals surface area (Å²) in [6.45, 7) is 4.16. The van der Waals surface area contributed by atoms with E-state index in [0.29, 0.717) is 5.92 Å². The van der Waals surface area contributed by atoms with E-state index in [1.165, 1.54) is 10.6 Å². The number of carbonyl (C=O) groups excluding carboxylic acids is 1. The zero-order chi connectivity index (χ0) is 16.9. The third-order valence-electron chi connectivity index (χ3n) is 4.14. The van der Waals surface area contributed by atoms with E-state index in [1.54, 1.807) is 18.5 Å². The molecule has 0 radical (unpaired) electrons. The second-order valence-corrected chi connectivity index (χ2v) is 8.28. The number of piperidine rings is 1. The SMILES string of the molecule is CC1CCCN(C(=O)CCN(Cc2cccnc2)S(C)(=O)=O)C1. The van der Waals surface area contributed by atoms with E-state index in [-0.39, 0.29) is 25.4 Å². The molecule has 1 aromatic rings. The maximum absolute atomic E-state index is 12.3. The van der Waals surface area contributed by atoms with Crippen molar-refractivity contribution < 1.29 is 13.2 Å². The summed E-state index contributed by atoms with van der Waals surface area (Å²) in [5.41, 5.74) is 0.817. The van der Waals surface area contributed by atoms with Crippen LogP contribution in [0.4, 0.5) is 0 Å². The molecule has 6 nitrogen and oxygen atoms in total. The number of sulfonamides is 1. The van der Waals surface area contributed by atoms with E-state index in [0.717, 1.165) is 31.5 Å². The maximum atomic E-state index is 12.3. The van der Waals surface area contributed by atoms with Gasteiger partial charge in [-0.2, -0.15) is 4.31 Å². The molecule has 0 aliphatic carbocycles. The van der Waals surface area contributed by atoms with Crippen molar-refractivity contribution in [2.45, 2.75) is 32.7 Å². The third-order valence-corrected chi connectivity index (χ3v) is 5.39. The predicted octanol–water partition coefficient (Wildman–Crippen LogP) is 1.49. The zero-order valence-corrected chi connectivity index (χ0v) is 14.6. The molecular formula is C16H25N3O3S. The Morgan fingerprint density at radius 3 is 2.87 bits per heavy atom. The predicted molar refractivity (Wildman–Crippen MR) is 89.1 cm³/mol. The summed E-state index contributed by atoms with van der Waals surface area (Å²) >= 11 is 0. The maximum Gasteiger partial charge on any atom is 0.223 e. The number of hydrogen-bond acceptors (Lipinski definition) is 4. The van der Waals surface area contributed by atoms with Crippen LogP contribution in [-0.4, -0.2) is 54.4 Å². The first kappa shape index (κ1) is 17.9. The first-order chi connectivity index (χ1) is 10.9. The van der Waals surface area contributed by atoms with Gasteiger partial charge >= 0.3 is 0 Å². The first-order valence-corrected chi connectivity index (χ1v) is 9.83. The van der Waals surface area contributed by atoms with Gasteiger partial charge < -0.3 is 4.90 Å². The van der Waals surface area contributed by atoms with Crippen molar-refractivity contribution in [2.24, 2.45) is 5.92 Å². The minimum atomic E-state index is -3.37. The van der Waals surface area contributed by atoms with Gasteiger partial charge in [0.2, 0.25) is 15.9 Å². The van der Waals surface area contributed by atoms with E-state index >= 15 is 0 Å². The lowest BCUT2D eigenvalue weighted by atomic mass is 10.00. The van der Waals surface area contributed by atoms with Gasteiger partial charge in [-0.05, 0) is 30.4 Å². The van der Waals surface area contributed by atoms with Crippen LogP contribution in [0.3, 0.4) is 0 Å². The largest absolute Gasteiger partial charge is 0.342 e. The topological polar surface area (TPSA) is 70.6 Å². The Balaban J connectivity index is 1.94. The summed E-state index contributed by atoms with van der Waals surface area (Å²) in [5.74, 6) is 0.561. The molecule has 1 saturated heterocycles. The molecule has 1 fully saturated rings. The van der Waals surface area contributed by atoms with Gasteiger partial charge in [-0.1, -0.05) is 13.0 Å². The molecule has 0 aromatic carbocycles. The van der Waals surface area contributed by atoms with Gasteiger partial charge in [-0.15, -0.1) is 0 Å². The fourth-order valence-electron chi connectivity index (χ4n) is 2.85. The fourth-order valence-corrected chi connectivity index (χ4v) is 3.66. The normalized spacial score (nSPS) is 19.1. The lowest BCUT2D eigenvalue weighted by Crippen LogP contribution is -2.41. The number of nitrogens with zero attached hydrogens (tertiary/aromatic N) is 3. The Kier molecular flexibility index (Phi) is 6.12. The molecule has 0 saturated carbocycles. The van der Waals surface area contributed by atoms with Crippen molar-refractivity contribution in [1.82, 2.24) is 14.2 Å². The van der Waals surface area contributed by atoms with Crippen LogP contribution < -0.4 is 0 Å². The highest BCUT2D eigenvalue weighted by molar-refractivity contribution is 7.88. The van der Waals surface area contributed by atoms with E-state index < -0.39 is 10.0 Å². The Bertz CT molecular complexity index is 619. The molecule has 0 bridgehead atoms. The van der Waals surface area contributed by atoms with Crippen molar-refractivity contribution in [3.8, 4) is 0 Å². The van der Waals surface area contributed by atoms with Gasteiger partial charge in [0.05, 0.1) is 6.26 Å². The van der Waals surface area contributed by atoms with Crippen molar-refractivity contribution >= 4 is 15.9 Å². The smallest absolute Gasteiger partial charge is 0.223 e. The van der Waals surface area contributed by atoms with Gasteiger partial charge in [-0.3, -0.25) is 9.78 Å². The number of amides is 1. The molecule has 7 heteroatoms. The second-order valence-electron chi connectivity index (χ2n) is 6.29. The monoisotopic (exact) mass is 339 g/mol. The van der Waals surface area contributed by atoms with Crippen LogP contribution in [0.5, 0.6) is 0 Å². The van der Waals surface area contributed by atoms with Gasteiger partial charge in [0, 0.05) is 45.0 Å². The van der Waals surface area contributed by atoms with Crippen LogP contribution in [0.1, 0.15) is 31.7 Å². The minimum Gasteiger partial charge on any atom is -0.342 e. The molecule has 128 valence electrons. The average molecular weight is 339 g/mol. The first-order valence-electron chi connectivity index (χ1n) is 7.98. The van der Waals surface area contributed by atoms with E-state index in [2.05, 4.69) is 11.9 Å². The van der Waals surface area contributed by atoms with Crippen LogP contribution in [0.15, 0.2) is 24.5 Å². The molecule has 0 spiro atoms. The van der Waals surface area contributed by atoms with Gasteiger partial charge in [0.15, 0.2) is 0 Å². The Morgan fingerprint density at radius 2 is 2.26 bits per heavy atom. The summed E-state index contributed by atoms with van der Waals surface area (Å²) in [5, 5.41) is 0. The number of likely N-dealkylation sites (tertiary alicyclic amines) is 1. The van der Waals surface area contributed by atoms with Crippen molar-refractivity contribution in [3.63, 3.8) is 0 Å². The molecule has 1 amide bonds. The molecule has 0 N–H and O–H groups in total.